The van der Waals surface area contributed by atoms with E-state index in [1.807, 2.05) is 19.1 Å². The number of benzene rings is 2. The van der Waals surface area contributed by atoms with Gasteiger partial charge >= 0.3 is 0 Å². The number of carbonyl (C=O) groups is 1. The van der Waals surface area contributed by atoms with Crippen LogP contribution in [-0.4, -0.2) is 25.9 Å². The van der Waals surface area contributed by atoms with Crippen LogP contribution in [0.15, 0.2) is 30.3 Å². The molecule has 0 saturated carbocycles. The maximum absolute atomic E-state index is 13.5. The van der Waals surface area contributed by atoms with Crippen LogP contribution in [0, 0.1) is 18.6 Å². The molecule has 0 fully saturated rings. The SMILES string of the molecule is COc1cc(C)c(CSCC(=O)Nc2cc(F)ccc2F)cc1OC. The largest absolute Gasteiger partial charge is 0.493 e. The summed E-state index contributed by atoms with van der Waals surface area (Å²) in [6.07, 6.45) is 0. The molecule has 0 aromatic heterocycles. The second kappa shape index (κ2) is 8.71. The summed E-state index contributed by atoms with van der Waals surface area (Å²) in [5.74, 6) is 0.283. The molecule has 4 nitrogen and oxygen atoms in total. The number of anilines is 1. The lowest BCUT2D eigenvalue weighted by atomic mass is 10.1. The van der Waals surface area contributed by atoms with Crippen LogP contribution < -0.4 is 14.8 Å². The summed E-state index contributed by atoms with van der Waals surface area (Å²) in [5, 5.41) is 2.37. The van der Waals surface area contributed by atoms with Crippen LogP contribution in [0.25, 0.3) is 0 Å². The Balaban J connectivity index is 1.94. The molecular weight excluding hydrogens is 348 g/mol. The highest BCUT2D eigenvalue weighted by Crippen LogP contribution is 2.31. The highest BCUT2D eigenvalue weighted by molar-refractivity contribution is 7.99. The topological polar surface area (TPSA) is 47.6 Å². The molecule has 2 aromatic rings. The molecule has 0 spiro atoms. The lowest BCUT2D eigenvalue weighted by Gasteiger charge is -2.12. The Morgan fingerprint density at radius 1 is 1.12 bits per heavy atom. The molecule has 1 amide bonds. The van der Waals surface area contributed by atoms with Crippen molar-refractivity contribution in [2.75, 3.05) is 25.3 Å². The van der Waals surface area contributed by atoms with Gasteiger partial charge in [-0.15, -0.1) is 11.8 Å². The number of nitrogens with one attached hydrogen (secondary N) is 1. The second-order valence-electron chi connectivity index (χ2n) is 5.30. The average molecular weight is 367 g/mol. The summed E-state index contributed by atoms with van der Waals surface area (Å²) < 4.78 is 37.1. The third-order valence-electron chi connectivity index (χ3n) is 3.54. The molecule has 134 valence electrons. The zero-order valence-corrected chi connectivity index (χ0v) is 15.0. The molecule has 0 atom stereocenters. The van der Waals surface area contributed by atoms with Crippen molar-refractivity contribution in [1.29, 1.82) is 0 Å². The fraction of sp³-hybridized carbons (Fsp3) is 0.278. The first-order chi connectivity index (χ1) is 11.9. The lowest BCUT2D eigenvalue weighted by Crippen LogP contribution is -2.15. The lowest BCUT2D eigenvalue weighted by molar-refractivity contribution is -0.113. The molecular formula is C18H19F2NO3S. The van der Waals surface area contributed by atoms with E-state index in [0.717, 1.165) is 29.3 Å². The van der Waals surface area contributed by atoms with Crippen LogP contribution in [-0.2, 0) is 10.5 Å². The average Bonchev–Trinajstić information content (AvgIpc) is 2.59. The molecule has 7 heteroatoms. The zero-order valence-electron chi connectivity index (χ0n) is 14.2. The Bertz CT molecular complexity index is 768. The maximum Gasteiger partial charge on any atom is 0.234 e. The van der Waals surface area contributed by atoms with E-state index < -0.39 is 17.5 Å². The standard InChI is InChI=1S/C18H19F2NO3S/c1-11-6-16(23-2)17(24-3)7-12(11)9-25-10-18(22)21-15-8-13(19)4-5-14(15)20/h4-8H,9-10H2,1-3H3,(H,21,22). The molecule has 0 aliphatic rings. The van der Waals surface area contributed by atoms with Gasteiger partial charge in [-0.05, 0) is 42.3 Å². The van der Waals surface area contributed by atoms with Crippen molar-refractivity contribution in [2.24, 2.45) is 0 Å². The highest BCUT2D eigenvalue weighted by atomic mass is 32.2. The molecule has 25 heavy (non-hydrogen) atoms. The Morgan fingerprint density at radius 3 is 2.48 bits per heavy atom. The van der Waals surface area contributed by atoms with Crippen LogP contribution >= 0.6 is 11.8 Å². The zero-order chi connectivity index (χ0) is 18.4. The van der Waals surface area contributed by atoms with Crippen molar-refractivity contribution in [3.63, 3.8) is 0 Å². The number of halogens is 2. The van der Waals surface area contributed by atoms with E-state index in [1.54, 1.807) is 14.2 Å². The van der Waals surface area contributed by atoms with Gasteiger partial charge in [0.2, 0.25) is 5.91 Å². The van der Waals surface area contributed by atoms with Gasteiger partial charge in [-0.25, -0.2) is 8.78 Å². The molecule has 2 rings (SSSR count). The van der Waals surface area contributed by atoms with Gasteiger partial charge < -0.3 is 14.8 Å². The summed E-state index contributed by atoms with van der Waals surface area (Å²) in [6.45, 7) is 1.94. The maximum atomic E-state index is 13.5. The Kier molecular flexibility index (Phi) is 6.64. The summed E-state index contributed by atoms with van der Waals surface area (Å²) in [5.41, 5.74) is 1.86. The number of carbonyl (C=O) groups excluding carboxylic acids is 1. The minimum atomic E-state index is -0.671. The fourth-order valence-electron chi connectivity index (χ4n) is 2.21. The molecule has 1 N–H and O–H groups in total. The number of amides is 1. The van der Waals surface area contributed by atoms with Gasteiger partial charge in [0.05, 0.1) is 25.7 Å². The molecule has 0 aliphatic carbocycles. The van der Waals surface area contributed by atoms with Crippen molar-refractivity contribution in [1.82, 2.24) is 0 Å². The number of methoxy groups -OCH3 is 2. The Morgan fingerprint density at radius 2 is 1.80 bits per heavy atom. The Labute approximate surface area is 149 Å². The predicted molar refractivity (Wildman–Crippen MR) is 95.4 cm³/mol. The molecule has 0 unspecified atom stereocenters. The monoisotopic (exact) mass is 367 g/mol. The van der Waals surface area contributed by atoms with E-state index in [0.29, 0.717) is 17.3 Å². The van der Waals surface area contributed by atoms with Crippen molar-refractivity contribution in [3.05, 3.63) is 53.1 Å². The van der Waals surface area contributed by atoms with Crippen LogP contribution in [0.1, 0.15) is 11.1 Å². The van der Waals surface area contributed by atoms with Crippen molar-refractivity contribution in [2.45, 2.75) is 12.7 Å². The molecule has 0 radical (unpaired) electrons. The summed E-state index contributed by atoms with van der Waals surface area (Å²) in [6, 6.07) is 6.67. The molecule has 0 saturated heterocycles. The molecule has 0 heterocycles. The third-order valence-corrected chi connectivity index (χ3v) is 4.52. The van der Waals surface area contributed by atoms with Gasteiger partial charge in [-0.3, -0.25) is 4.79 Å². The number of rotatable bonds is 7. The fourth-order valence-corrected chi connectivity index (χ4v) is 3.10. The van der Waals surface area contributed by atoms with E-state index in [4.69, 9.17) is 9.47 Å². The summed E-state index contributed by atoms with van der Waals surface area (Å²) >= 11 is 1.37. The normalized spacial score (nSPS) is 10.4. The van der Waals surface area contributed by atoms with Crippen molar-refractivity contribution >= 4 is 23.4 Å². The van der Waals surface area contributed by atoms with Crippen LogP contribution in [0.2, 0.25) is 0 Å². The third kappa shape index (κ3) is 5.09. The van der Waals surface area contributed by atoms with E-state index in [9.17, 15) is 13.6 Å². The van der Waals surface area contributed by atoms with Crippen LogP contribution in [0.5, 0.6) is 11.5 Å². The number of ether oxygens (including phenoxy) is 2. The van der Waals surface area contributed by atoms with Gasteiger partial charge in [0.25, 0.3) is 0 Å². The summed E-state index contributed by atoms with van der Waals surface area (Å²) in [4.78, 5) is 11.9. The van der Waals surface area contributed by atoms with Gasteiger partial charge in [-0.1, -0.05) is 0 Å². The van der Waals surface area contributed by atoms with Gasteiger partial charge in [0.15, 0.2) is 11.5 Å². The predicted octanol–water partition coefficient (Wildman–Crippen LogP) is 4.16. The Hall–Kier alpha value is -2.28. The number of aryl methyl sites for hydroxylation is 1. The van der Waals surface area contributed by atoms with Gasteiger partial charge in [0.1, 0.15) is 11.6 Å². The first kappa shape index (κ1) is 19.1. The first-order valence-electron chi connectivity index (χ1n) is 7.48. The van der Waals surface area contributed by atoms with E-state index in [2.05, 4.69) is 5.32 Å². The minimum absolute atomic E-state index is 0.115. The second-order valence-corrected chi connectivity index (χ2v) is 6.28. The summed E-state index contributed by atoms with van der Waals surface area (Å²) in [7, 11) is 3.13. The van der Waals surface area contributed by atoms with Gasteiger partial charge in [0, 0.05) is 11.8 Å². The number of hydrogen-bond acceptors (Lipinski definition) is 4. The molecule has 0 aliphatic heterocycles. The number of thioether (sulfide) groups is 1. The van der Waals surface area contributed by atoms with E-state index >= 15 is 0 Å². The quantitative estimate of drug-likeness (QED) is 0.798. The van der Waals surface area contributed by atoms with Crippen molar-refractivity contribution < 1.29 is 23.0 Å². The smallest absolute Gasteiger partial charge is 0.234 e. The minimum Gasteiger partial charge on any atom is -0.493 e. The molecule has 2 aromatic carbocycles. The van der Waals surface area contributed by atoms with Crippen LogP contribution in [0.3, 0.4) is 0 Å². The first-order valence-corrected chi connectivity index (χ1v) is 8.64. The van der Waals surface area contributed by atoms with E-state index in [-0.39, 0.29) is 11.4 Å². The number of hydrogen-bond donors (Lipinski definition) is 1. The van der Waals surface area contributed by atoms with Crippen LogP contribution in [0.4, 0.5) is 14.5 Å². The highest BCUT2D eigenvalue weighted by Gasteiger charge is 2.11. The van der Waals surface area contributed by atoms with E-state index in [1.165, 1.54) is 11.8 Å². The van der Waals surface area contributed by atoms with Gasteiger partial charge in [-0.2, -0.15) is 0 Å². The molecule has 0 bridgehead atoms. The van der Waals surface area contributed by atoms with Crippen molar-refractivity contribution in [3.8, 4) is 11.5 Å².